The van der Waals surface area contributed by atoms with Gasteiger partial charge in [0, 0.05) is 5.69 Å². The van der Waals surface area contributed by atoms with Gasteiger partial charge in [-0.3, -0.25) is 0 Å². The summed E-state index contributed by atoms with van der Waals surface area (Å²) in [6, 6.07) is 7.33. The molecule has 5 heteroatoms. The van der Waals surface area contributed by atoms with Gasteiger partial charge < -0.3 is 10.5 Å². The molecule has 0 saturated carbocycles. The normalized spacial score (nSPS) is 10.3. The highest BCUT2D eigenvalue weighted by Gasteiger charge is 1.98. The zero-order valence-corrected chi connectivity index (χ0v) is 9.13. The van der Waals surface area contributed by atoms with Crippen molar-refractivity contribution in [3.63, 3.8) is 0 Å². The first kappa shape index (κ1) is 10.5. The van der Waals surface area contributed by atoms with Gasteiger partial charge in [0.05, 0.1) is 18.4 Å². The van der Waals surface area contributed by atoms with E-state index in [4.69, 9.17) is 10.5 Å². The molecular formula is C11H14N4O. The van der Waals surface area contributed by atoms with Gasteiger partial charge in [0.25, 0.3) is 0 Å². The summed E-state index contributed by atoms with van der Waals surface area (Å²) in [4.78, 5) is 0. The highest BCUT2D eigenvalue weighted by Crippen LogP contribution is 2.12. The summed E-state index contributed by atoms with van der Waals surface area (Å²) in [5.74, 6) is 0.812. The smallest absolute Gasteiger partial charge is 0.119 e. The summed E-state index contributed by atoms with van der Waals surface area (Å²) in [5, 5.41) is 7.73. The molecule has 1 aromatic carbocycles. The van der Waals surface area contributed by atoms with Crippen molar-refractivity contribution < 1.29 is 4.74 Å². The second-order valence-corrected chi connectivity index (χ2v) is 3.52. The molecule has 2 rings (SSSR count). The van der Waals surface area contributed by atoms with Gasteiger partial charge in [-0.1, -0.05) is 5.21 Å². The van der Waals surface area contributed by atoms with Crippen LogP contribution in [0.15, 0.2) is 30.5 Å². The van der Waals surface area contributed by atoms with E-state index >= 15 is 0 Å². The van der Waals surface area contributed by atoms with Gasteiger partial charge in [-0.25, -0.2) is 4.68 Å². The Morgan fingerprint density at radius 2 is 2.06 bits per heavy atom. The number of nitrogens with two attached hydrogens (primary N) is 1. The lowest BCUT2D eigenvalue weighted by molar-refractivity contribution is 0.288. The second-order valence-electron chi connectivity index (χ2n) is 3.52. The largest absolute Gasteiger partial charge is 0.492 e. The van der Waals surface area contributed by atoms with E-state index in [1.165, 1.54) is 0 Å². The molecule has 0 fully saturated rings. The van der Waals surface area contributed by atoms with Crippen molar-refractivity contribution in [2.45, 2.75) is 13.5 Å². The van der Waals surface area contributed by atoms with Crippen LogP contribution in [0.1, 0.15) is 5.69 Å². The van der Waals surface area contributed by atoms with Crippen molar-refractivity contribution in [2.24, 2.45) is 0 Å². The van der Waals surface area contributed by atoms with Crippen LogP contribution < -0.4 is 10.5 Å². The number of rotatable bonds is 4. The molecule has 16 heavy (non-hydrogen) atoms. The maximum atomic E-state index is 5.57. The molecule has 1 aromatic heterocycles. The lowest BCUT2D eigenvalue weighted by Crippen LogP contribution is -2.10. The van der Waals surface area contributed by atoms with Crippen LogP contribution in [0.4, 0.5) is 5.69 Å². The van der Waals surface area contributed by atoms with Crippen LogP contribution >= 0.6 is 0 Å². The highest BCUT2D eigenvalue weighted by atomic mass is 16.5. The quantitative estimate of drug-likeness (QED) is 0.784. The molecule has 0 aliphatic rings. The summed E-state index contributed by atoms with van der Waals surface area (Å²) in [6.45, 7) is 3.22. The molecule has 2 aromatic rings. The number of anilines is 1. The Balaban J connectivity index is 1.84. The van der Waals surface area contributed by atoms with Crippen LogP contribution in [0.5, 0.6) is 5.75 Å². The van der Waals surface area contributed by atoms with E-state index < -0.39 is 0 Å². The van der Waals surface area contributed by atoms with Crippen molar-refractivity contribution in [2.75, 3.05) is 12.3 Å². The Hall–Kier alpha value is -2.04. The standard InChI is InChI=1S/C11H14N4O/c1-9-8-13-14-15(9)6-7-16-11-4-2-10(12)3-5-11/h2-5,8H,6-7,12H2,1H3. The second kappa shape index (κ2) is 4.65. The maximum absolute atomic E-state index is 5.57. The third-order valence-corrected chi connectivity index (χ3v) is 2.26. The molecule has 0 spiro atoms. The molecular weight excluding hydrogens is 204 g/mol. The SMILES string of the molecule is Cc1cnnn1CCOc1ccc(N)cc1. The van der Waals surface area contributed by atoms with Gasteiger partial charge in [-0.05, 0) is 31.2 Å². The maximum Gasteiger partial charge on any atom is 0.119 e. The van der Waals surface area contributed by atoms with E-state index in [9.17, 15) is 0 Å². The molecule has 0 saturated heterocycles. The van der Waals surface area contributed by atoms with E-state index in [-0.39, 0.29) is 0 Å². The number of nitrogens with zero attached hydrogens (tertiary/aromatic N) is 3. The van der Waals surface area contributed by atoms with Crippen LogP contribution in [-0.4, -0.2) is 21.6 Å². The van der Waals surface area contributed by atoms with E-state index in [0.717, 1.165) is 17.1 Å². The number of benzene rings is 1. The predicted octanol–water partition coefficient (Wildman–Crippen LogP) is 1.25. The topological polar surface area (TPSA) is 66.0 Å². The Morgan fingerprint density at radius 1 is 1.31 bits per heavy atom. The van der Waals surface area contributed by atoms with E-state index in [1.54, 1.807) is 10.9 Å². The van der Waals surface area contributed by atoms with Crippen LogP contribution in [0.25, 0.3) is 0 Å². The zero-order chi connectivity index (χ0) is 11.4. The number of ether oxygens (including phenoxy) is 1. The molecule has 84 valence electrons. The van der Waals surface area contributed by atoms with Crippen molar-refractivity contribution in [1.29, 1.82) is 0 Å². The Bertz CT molecular complexity index is 449. The molecule has 0 unspecified atom stereocenters. The summed E-state index contributed by atoms with van der Waals surface area (Å²) in [7, 11) is 0. The van der Waals surface area contributed by atoms with Gasteiger partial charge in [0.1, 0.15) is 12.4 Å². The number of hydrogen-bond donors (Lipinski definition) is 1. The van der Waals surface area contributed by atoms with Gasteiger partial charge in [-0.2, -0.15) is 0 Å². The van der Waals surface area contributed by atoms with E-state index in [1.807, 2.05) is 31.2 Å². The lowest BCUT2D eigenvalue weighted by atomic mass is 10.3. The highest BCUT2D eigenvalue weighted by molar-refractivity contribution is 5.41. The Labute approximate surface area is 93.8 Å². The fraction of sp³-hybridized carbons (Fsp3) is 0.273. The minimum Gasteiger partial charge on any atom is -0.492 e. The molecule has 0 aliphatic heterocycles. The predicted molar refractivity (Wildman–Crippen MR) is 61.1 cm³/mol. The minimum atomic E-state index is 0.564. The fourth-order valence-electron chi connectivity index (χ4n) is 1.34. The Morgan fingerprint density at radius 3 is 2.69 bits per heavy atom. The van der Waals surface area contributed by atoms with Crippen LogP contribution in [-0.2, 0) is 6.54 Å². The van der Waals surface area contributed by atoms with Crippen LogP contribution in [0, 0.1) is 6.92 Å². The Kier molecular flexibility index (Phi) is 3.05. The molecule has 0 bridgehead atoms. The number of aromatic nitrogens is 3. The molecule has 0 aliphatic carbocycles. The van der Waals surface area contributed by atoms with Crippen molar-refractivity contribution in [1.82, 2.24) is 15.0 Å². The third kappa shape index (κ3) is 2.50. The lowest BCUT2D eigenvalue weighted by Gasteiger charge is -2.06. The summed E-state index contributed by atoms with van der Waals surface area (Å²) >= 11 is 0. The van der Waals surface area contributed by atoms with Gasteiger partial charge in [0.15, 0.2) is 0 Å². The first-order valence-corrected chi connectivity index (χ1v) is 5.09. The average Bonchev–Trinajstić information content (AvgIpc) is 2.68. The monoisotopic (exact) mass is 218 g/mol. The summed E-state index contributed by atoms with van der Waals surface area (Å²) in [5.41, 5.74) is 7.34. The first-order chi connectivity index (χ1) is 7.75. The molecule has 1 heterocycles. The third-order valence-electron chi connectivity index (χ3n) is 2.26. The van der Waals surface area contributed by atoms with Gasteiger partial charge in [0.2, 0.25) is 0 Å². The zero-order valence-electron chi connectivity index (χ0n) is 9.13. The first-order valence-electron chi connectivity index (χ1n) is 5.09. The number of aryl methyl sites for hydroxylation is 1. The van der Waals surface area contributed by atoms with Gasteiger partial charge >= 0.3 is 0 Å². The molecule has 0 radical (unpaired) electrons. The van der Waals surface area contributed by atoms with Crippen molar-refractivity contribution in [3.8, 4) is 5.75 Å². The van der Waals surface area contributed by atoms with Crippen LogP contribution in [0.3, 0.4) is 0 Å². The van der Waals surface area contributed by atoms with E-state index in [2.05, 4.69) is 10.3 Å². The molecule has 0 atom stereocenters. The summed E-state index contributed by atoms with van der Waals surface area (Å²) in [6.07, 6.45) is 1.73. The van der Waals surface area contributed by atoms with E-state index in [0.29, 0.717) is 13.2 Å². The van der Waals surface area contributed by atoms with Crippen molar-refractivity contribution >= 4 is 5.69 Å². The number of hydrogen-bond acceptors (Lipinski definition) is 4. The van der Waals surface area contributed by atoms with Gasteiger partial charge in [-0.15, -0.1) is 5.10 Å². The fourth-order valence-corrected chi connectivity index (χ4v) is 1.34. The summed E-state index contributed by atoms with van der Waals surface area (Å²) < 4.78 is 7.35. The van der Waals surface area contributed by atoms with Crippen LogP contribution in [0.2, 0.25) is 0 Å². The van der Waals surface area contributed by atoms with Crippen molar-refractivity contribution in [3.05, 3.63) is 36.2 Å². The minimum absolute atomic E-state index is 0.564. The molecule has 2 N–H and O–H groups in total. The number of nitrogen functional groups attached to an aromatic ring is 1. The molecule has 5 nitrogen and oxygen atoms in total. The average molecular weight is 218 g/mol. The molecule has 0 amide bonds.